The van der Waals surface area contributed by atoms with Crippen LogP contribution in [0.5, 0.6) is 0 Å². The van der Waals surface area contributed by atoms with Crippen molar-refractivity contribution in [3.63, 3.8) is 0 Å². The van der Waals surface area contributed by atoms with Gasteiger partial charge in [0.25, 0.3) is 0 Å². The van der Waals surface area contributed by atoms with Crippen molar-refractivity contribution in [1.29, 1.82) is 0 Å². The number of amides is 3. The van der Waals surface area contributed by atoms with E-state index in [1.807, 2.05) is 45.7 Å². The highest BCUT2D eigenvalue weighted by atomic mass is 16.6. The molecule has 12 heteroatoms. The maximum Gasteiger partial charge on any atom is 0.410 e. The second-order valence-electron chi connectivity index (χ2n) is 13.7. The Balaban J connectivity index is 1.39. The smallest absolute Gasteiger partial charge is 0.410 e. The first-order chi connectivity index (χ1) is 21.9. The molecule has 0 bridgehead atoms. The zero-order valence-corrected chi connectivity index (χ0v) is 29.2. The van der Waals surface area contributed by atoms with Crippen LogP contribution in [0.4, 0.5) is 9.59 Å². The van der Waals surface area contributed by atoms with E-state index in [-0.39, 0.29) is 36.5 Å². The van der Waals surface area contributed by atoms with Gasteiger partial charge >= 0.3 is 12.2 Å². The Labute approximate surface area is 276 Å². The molecule has 12 nitrogen and oxygen atoms in total. The van der Waals surface area contributed by atoms with Gasteiger partial charge in [0.1, 0.15) is 12.1 Å². The molecular formula is C34H60N6O6. The minimum Gasteiger partial charge on any atom is -0.447 e. The van der Waals surface area contributed by atoms with Crippen molar-refractivity contribution in [2.75, 3.05) is 32.7 Å². The van der Waals surface area contributed by atoms with Gasteiger partial charge in [-0.3, -0.25) is 9.59 Å². The van der Waals surface area contributed by atoms with E-state index in [0.717, 1.165) is 69.9 Å². The fourth-order valence-electron chi connectivity index (χ4n) is 5.30. The van der Waals surface area contributed by atoms with Crippen LogP contribution in [0, 0.1) is 0 Å². The number of aromatic nitrogens is 3. The van der Waals surface area contributed by atoms with Gasteiger partial charge in [-0.2, -0.15) is 0 Å². The number of carbonyl (C=O) groups is 4. The number of rotatable bonds is 21. The molecule has 1 N–H and O–H groups in total. The lowest BCUT2D eigenvalue weighted by Gasteiger charge is -2.35. The molecule has 1 aromatic rings. The van der Waals surface area contributed by atoms with Crippen molar-refractivity contribution in [3.8, 4) is 0 Å². The highest BCUT2D eigenvalue weighted by Gasteiger charge is 2.27. The molecule has 0 aliphatic carbocycles. The maximum atomic E-state index is 12.5. The molecule has 0 aromatic carbocycles. The van der Waals surface area contributed by atoms with Crippen molar-refractivity contribution >= 4 is 23.9 Å². The molecule has 1 aliphatic rings. The molecule has 1 saturated heterocycles. The number of nitrogens with zero attached hydrogens (tertiary/aromatic N) is 5. The number of hydrogen-bond acceptors (Lipinski definition) is 8. The molecule has 1 aromatic heterocycles. The summed E-state index contributed by atoms with van der Waals surface area (Å²) in [7, 11) is 0. The van der Waals surface area contributed by atoms with Gasteiger partial charge in [0, 0.05) is 51.8 Å². The molecule has 0 spiro atoms. The van der Waals surface area contributed by atoms with Gasteiger partial charge in [0.2, 0.25) is 5.91 Å². The van der Waals surface area contributed by atoms with Crippen molar-refractivity contribution in [3.05, 3.63) is 11.9 Å². The van der Waals surface area contributed by atoms with Crippen LogP contribution in [0.25, 0.3) is 0 Å². The topological polar surface area (TPSA) is 136 Å². The average molecular weight is 649 g/mol. The first-order valence-electron chi connectivity index (χ1n) is 17.5. The molecule has 0 unspecified atom stereocenters. The second-order valence-corrected chi connectivity index (χ2v) is 13.7. The van der Waals surface area contributed by atoms with Crippen LogP contribution in [0.3, 0.4) is 0 Å². The molecule has 2 rings (SSSR count). The standard InChI is InChI=1S/C34H60N6O6/c1-28(2)45-32(43)35-21-17-13-14-18-29-26-40(37-36-29)27-30(41)19-15-11-9-7-6-8-10-12-16-20-31(42)38-22-24-39(25-23-38)33(44)46-34(3,4)5/h26,28H,6-25,27H2,1-5H3,(H,35,43). The van der Waals surface area contributed by atoms with E-state index in [4.69, 9.17) is 9.47 Å². The molecule has 1 aliphatic heterocycles. The Morgan fingerprint density at radius 3 is 1.98 bits per heavy atom. The molecule has 1 fully saturated rings. The Bertz CT molecular complexity index is 1050. The third-order valence-corrected chi connectivity index (χ3v) is 7.78. The van der Waals surface area contributed by atoms with Crippen molar-refractivity contribution < 1.29 is 28.7 Å². The van der Waals surface area contributed by atoms with Gasteiger partial charge < -0.3 is 24.6 Å². The van der Waals surface area contributed by atoms with Crippen LogP contribution in [-0.2, 0) is 32.0 Å². The normalized spacial score (nSPS) is 13.6. The van der Waals surface area contributed by atoms with Crippen LogP contribution >= 0.6 is 0 Å². The van der Waals surface area contributed by atoms with Crippen molar-refractivity contribution in [1.82, 2.24) is 30.1 Å². The quantitative estimate of drug-likeness (QED) is 0.159. The number of Topliss-reactive ketones (excluding diaryl/α,β-unsaturated/α-hetero) is 1. The van der Waals surface area contributed by atoms with E-state index >= 15 is 0 Å². The van der Waals surface area contributed by atoms with E-state index in [9.17, 15) is 19.2 Å². The summed E-state index contributed by atoms with van der Waals surface area (Å²) in [4.78, 5) is 52.1. The molecule has 0 saturated carbocycles. The third-order valence-electron chi connectivity index (χ3n) is 7.78. The van der Waals surface area contributed by atoms with Crippen LogP contribution in [-0.4, -0.2) is 93.1 Å². The van der Waals surface area contributed by atoms with Gasteiger partial charge in [-0.1, -0.05) is 56.6 Å². The fraction of sp³-hybridized carbons (Fsp3) is 0.824. The van der Waals surface area contributed by atoms with Crippen LogP contribution in [0.15, 0.2) is 6.20 Å². The number of ketones is 1. The largest absolute Gasteiger partial charge is 0.447 e. The van der Waals surface area contributed by atoms with E-state index < -0.39 is 5.60 Å². The Hall–Kier alpha value is -3.18. The summed E-state index contributed by atoms with van der Waals surface area (Å²) in [5.74, 6) is 0.376. The summed E-state index contributed by atoms with van der Waals surface area (Å²) in [5.41, 5.74) is 0.382. The SMILES string of the molecule is CC(C)OC(=O)NCCCCCc1cn(CC(=O)CCCCCCCCCCCC(=O)N2CCN(C(=O)OC(C)(C)C)CC2)nn1. The maximum absolute atomic E-state index is 12.5. The number of piperazine rings is 1. The van der Waals surface area contributed by atoms with Gasteiger partial charge in [0.05, 0.1) is 11.8 Å². The second kappa shape index (κ2) is 21.6. The molecule has 46 heavy (non-hydrogen) atoms. The van der Waals surface area contributed by atoms with Gasteiger partial charge in [-0.25, -0.2) is 14.3 Å². The Morgan fingerprint density at radius 2 is 1.37 bits per heavy atom. The first-order valence-corrected chi connectivity index (χ1v) is 17.5. The Kier molecular flexibility index (Phi) is 18.3. The highest BCUT2D eigenvalue weighted by molar-refractivity contribution is 5.78. The lowest BCUT2D eigenvalue weighted by molar-refractivity contribution is -0.133. The lowest BCUT2D eigenvalue weighted by Crippen LogP contribution is -2.51. The zero-order valence-electron chi connectivity index (χ0n) is 29.2. The van der Waals surface area contributed by atoms with E-state index in [0.29, 0.717) is 45.6 Å². The number of ether oxygens (including phenoxy) is 2. The molecule has 0 radical (unpaired) electrons. The lowest BCUT2D eigenvalue weighted by atomic mass is 10.0. The fourth-order valence-corrected chi connectivity index (χ4v) is 5.30. The van der Waals surface area contributed by atoms with Gasteiger partial charge in [0.15, 0.2) is 5.78 Å². The van der Waals surface area contributed by atoms with Gasteiger partial charge in [-0.05, 0) is 66.7 Å². The minimum absolute atomic E-state index is 0.117. The molecule has 2 heterocycles. The number of hydrogen-bond donors (Lipinski definition) is 1. The highest BCUT2D eigenvalue weighted by Crippen LogP contribution is 2.15. The first kappa shape index (κ1) is 39.0. The summed E-state index contributed by atoms with van der Waals surface area (Å²) in [6.45, 7) is 12.3. The van der Waals surface area contributed by atoms with Crippen LogP contribution in [0.1, 0.15) is 130 Å². The number of aryl methyl sites for hydroxylation is 1. The average Bonchev–Trinajstić information content (AvgIpc) is 3.43. The van der Waals surface area contributed by atoms with Crippen LogP contribution < -0.4 is 5.32 Å². The summed E-state index contributed by atoms with van der Waals surface area (Å²) in [5, 5.41) is 11.0. The number of unbranched alkanes of at least 4 members (excludes halogenated alkanes) is 10. The van der Waals surface area contributed by atoms with Crippen LogP contribution in [0.2, 0.25) is 0 Å². The number of carbonyl (C=O) groups excluding carboxylic acids is 4. The Morgan fingerprint density at radius 1 is 0.804 bits per heavy atom. The predicted octanol–water partition coefficient (Wildman–Crippen LogP) is 6.07. The summed E-state index contributed by atoms with van der Waals surface area (Å²) in [6.07, 6.45) is 15.6. The van der Waals surface area contributed by atoms with Gasteiger partial charge in [-0.15, -0.1) is 5.10 Å². The summed E-state index contributed by atoms with van der Waals surface area (Å²) < 4.78 is 12.1. The minimum atomic E-state index is -0.508. The molecule has 0 atom stereocenters. The summed E-state index contributed by atoms with van der Waals surface area (Å²) in [6, 6.07) is 0. The zero-order chi connectivity index (χ0) is 33.8. The molecular weight excluding hydrogens is 588 g/mol. The summed E-state index contributed by atoms with van der Waals surface area (Å²) >= 11 is 0. The predicted molar refractivity (Wildman–Crippen MR) is 177 cm³/mol. The number of alkyl carbamates (subject to hydrolysis) is 1. The van der Waals surface area contributed by atoms with E-state index in [1.54, 1.807) is 9.58 Å². The third kappa shape index (κ3) is 18.1. The monoisotopic (exact) mass is 648 g/mol. The molecule has 262 valence electrons. The number of nitrogens with one attached hydrogen (secondary N) is 1. The van der Waals surface area contributed by atoms with Crippen molar-refractivity contribution in [2.45, 2.75) is 149 Å². The van der Waals surface area contributed by atoms with E-state index in [1.165, 1.54) is 19.3 Å². The molecule has 3 amide bonds. The van der Waals surface area contributed by atoms with Crippen molar-refractivity contribution in [2.24, 2.45) is 0 Å². The van der Waals surface area contributed by atoms with E-state index in [2.05, 4.69) is 15.6 Å².